The summed E-state index contributed by atoms with van der Waals surface area (Å²) in [5, 5.41) is 0. The van der Waals surface area contributed by atoms with Crippen molar-refractivity contribution in [3.63, 3.8) is 0 Å². The van der Waals surface area contributed by atoms with Crippen LogP contribution in [0.2, 0.25) is 0 Å². The van der Waals surface area contributed by atoms with Crippen molar-refractivity contribution in [1.29, 1.82) is 0 Å². The Balaban J connectivity index is 1.05. The Morgan fingerprint density at radius 1 is 0.217 bits per heavy atom. The van der Waals surface area contributed by atoms with Crippen LogP contribution in [0.4, 0.5) is 0 Å². The molecule has 0 unspecified atom stereocenters. The zero-order chi connectivity index (χ0) is 40.1. The SMILES string of the molecule is c1ccc(-c2cc(-c3cccc(-c4cc(-c5ccccn5)nc(-c5ccc(-c6nc(-c7ccccc7)nc(-c7ccccc7)n6)cn5)c4)c3)nc(-c3ccccc3)n2)cc1. The van der Waals surface area contributed by atoms with E-state index in [0.29, 0.717) is 34.7 Å². The van der Waals surface area contributed by atoms with E-state index in [1.165, 1.54) is 0 Å². The van der Waals surface area contributed by atoms with E-state index < -0.39 is 0 Å². The number of benzene rings is 5. The van der Waals surface area contributed by atoms with Gasteiger partial charge in [0.1, 0.15) is 0 Å². The van der Waals surface area contributed by atoms with E-state index in [0.717, 1.165) is 67.3 Å². The first-order chi connectivity index (χ1) is 29.7. The zero-order valence-corrected chi connectivity index (χ0v) is 32.2. The van der Waals surface area contributed by atoms with E-state index in [-0.39, 0.29) is 0 Å². The summed E-state index contributed by atoms with van der Waals surface area (Å²) < 4.78 is 0. The van der Waals surface area contributed by atoms with E-state index in [9.17, 15) is 0 Å². The van der Waals surface area contributed by atoms with Crippen LogP contribution in [-0.2, 0) is 0 Å². The molecule has 282 valence electrons. The van der Waals surface area contributed by atoms with Gasteiger partial charge >= 0.3 is 0 Å². The minimum Gasteiger partial charge on any atom is -0.255 e. The topological polar surface area (TPSA) is 103 Å². The largest absolute Gasteiger partial charge is 0.255 e. The van der Waals surface area contributed by atoms with Crippen LogP contribution in [-0.4, -0.2) is 39.9 Å². The Morgan fingerprint density at radius 3 is 1.22 bits per heavy atom. The Hall–Kier alpha value is -8.36. The van der Waals surface area contributed by atoms with Gasteiger partial charge in [0.2, 0.25) is 0 Å². The summed E-state index contributed by atoms with van der Waals surface area (Å²) in [6.07, 6.45) is 3.58. The van der Waals surface area contributed by atoms with Gasteiger partial charge in [0, 0.05) is 45.8 Å². The van der Waals surface area contributed by atoms with Crippen LogP contribution in [0.3, 0.4) is 0 Å². The fraction of sp³-hybridized carbons (Fsp3) is 0. The predicted octanol–water partition coefficient (Wildman–Crippen LogP) is 11.8. The van der Waals surface area contributed by atoms with Crippen LogP contribution in [0.25, 0.3) is 102 Å². The van der Waals surface area contributed by atoms with Crippen LogP contribution in [0.5, 0.6) is 0 Å². The molecule has 60 heavy (non-hydrogen) atoms. The number of rotatable bonds is 9. The predicted molar refractivity (Wildman–Crippen MR) is 238 cm³/mol. The second-order valence-electron chi connectivity index (χ2n) is 14.1. The standard InChI is InChI=1S/C52H34N8/c1-5-16-35(17-6-1)45-33-46(57-49(56-45)36-18-7-2-8-19-36)40-25-15-24-39(30-40)42-31-47(43-26-13-14-29-53-43)55-48(32-42)44-28-27-41(34-54-44)52-59-50(37-20-9-3-10-21-37)58-51(60-52)38-22-11-4-12-23-38/h1-34H. The van der Waals surface area contributed by atoms with Gasteiger partial charge in [-0.3, -0.25) is 9.97 Å². The molecular formula is C52H34N8. The van der Waals surface area contributed by atoms with Crippen molar-refractivity contribution in [2.75, 3.05) is 0 Å². The quantitative estimate of drug-likeness (QED) is 0.143. The third-order valence-electron chi connectivity index (χ3n) is 10.1. The fourth-order valence-corrected chi connectivity index (χ4v) is 7.02. The average molecular weight is 771 g/mol. The zero-order valence-electron chi connectivity index (χ0n) is 32.2. The Kier molecular flexibility index (Phi) is 9.75. The number of pyridine rings is 3. The molecule has 5 aromatic heterocycles. The van der Waals surface area contributed by atoms with E-state index in [1.807, 2.05) is 140 Å². The molecule has 10 aromatic rings. The normalized spacial score (nSPS) is 11.0. The molecule has 0 aliphatic rings. The van der Waals surface area contributed by atoms with Gasteiger partial charge in [-0.1, -0.05) is 146 Å². The molecule has 0 N–H and O–H groups in total. The molecule has 0 saturated carbocycles. The van der Waals surface area contributed by atoms with Crippen LogP contribution in [0.15, 0.2) is 207 Å². The van der Waals surface area contributed by atoms with Gasteiger partial charge < -0.3 is 0 Å². The molecule has 8 nitrogen and oxygen atoms in total. The van der Waals surface area contributed by atoms with Gasteiger partial charge in [-0.2, -0.15) is 0 Å². The average Bonchev–Trinajstić information content (AvgIpc) is 3.35. The number of aromatic nitrogens is 8. The monoisotopic (exact) mass is 770 g/mol. The minimum absolute atomic E-state index is 0.532. The Morgan fingerprint density at radius 2 is 0.683 bits per heavy atom. The first-order valence-corrected chi connectivity index (χ1v) is 19.6. The second-order valence-corrected chi connectivity index (χ2v) is 14.1. The second kappa shape index (κ2) is 16.2. The number of hydrogen-bond acceptors (Lipinski definition) is 8. The fourth-order valence-electron chi connectivity index (χ4n) is 7.02. The molecule has 0 amide bonds. The first kappa shape index (κ1) is 36.0. The summed E-state index contributed by atoms with van der Waals surface area (Å²) in [7, 11) is 0. The maximum atomic E-state index is 5.09. The molecule has 0 saturated heterocycles. The van der Waals surface area contributed by atoms with Gasteiger partial charge in [-0.05, 0) is 59.7 Å². The molecule has 5 aromatic carbocycles. The summed E-state index contributed by atoms with van der Waals surface area (Å²) in [6, 6.07) is 64.6. The molecule has 0 fully saturated rings. The molecule has 0 atom stereocenters. The maximum Gasteiger partial charge on any atom is 0.165 e. The summed E-state index contributed by atoms with van der Waals surface area (Å²) in [4.78, 5) is 39.4. The van der Waals surface area contributed by atoms with Crippen LogP contribution in [0.1, 0.15) is 0 Å². The summed E-state index contributed by atoms with van der Waals surface area (Å²) >= 11 is 0. The van der Waals surface area contributed by atoms with Crippen molar-refractivity contribution in [1.82, 2.24) is 39.9 Å². The minimum atomic E-state index is 0.532. The highest BCUT2D eigenvalue weighted by Crippen LogP contribution is 2.34. The molecule has 8 heteroatoms. The van der Waals surface area contributed by atoms with E-state index in [1.54, 1.807) is 12.4 Å². The lowest BCUT2D eigenvalue weighted by atomic mass is 9.99. The molecule has 0 radical (unpaired) electrons. The van der Waals surface area contributed by atoms with Crippen molar-refractivity contribution in [2.24, 2.45) is 0 Å². The Bertz CT molecular complexity index is 2940. The number of hydrogen-bond donors (Lipinski definition) is 0. The van der Waals surface area contributed by atoms with Gasteiger partial charge in [0.05, 0.1) is 34.2 Å². The molecule has 0 aliphatic heterocycles. The van der Waals surface area contributed by atoms with Crippen molar-refractivity contribution in [2.45, 2.75) is 0 Å². The highest BCUT2D eigenvalue weighted by Gasteiger charge is 2.16. The molecule has 5 heterocycles. The lowest BCUT2D eigenvalue weighted by Gasteiger charge is -2.12. The van der Waals surface area contributed by atoms with E-state index in [2.05, 4.69) is 59.6 Å². The van der Waals surface area contributed by atoms with Crippen molar-refractivity contribution in [3.05, 3.63) is 207 Å². The smallest absolute Gasteiger partial charge is 0.165 e. The van der Waals surface area contributed by atoms with Crippen LogP contribution < -0.4 is 0 Å². The van der Waals surface area contributed by atoms with Gasteiger partial charge in [-0.15, -0.1) is 0 Å². The molecule has 0 bridgehead atoms. The lowest BCUT2D eigenvalue weighted by Crippen LogP contribution is -2.00. The van der Waals surface area contributed by atoms with Gasteiger partial charge in [-0.25, -0.2) is 29.9 Å². The van der Waals surface area contributed by atoms with Gasteiger partial charge in [0.25, 0.3) is 0 Å². The summed E-state index contributed by atoms with van der Waals surface area (Å²) in [6.45, 7) is 0. The summed E-state index contributed by atoms with van der Waals surface area (Å²) in [5.74, 6) is 2.38. The maximum absolute atomic E-state index is 5.09. The molecule has 0 spiro atoms. The van der Waals surface area contributed by atoms with Crippen molar-refractivity contribution in [3.8, 4) is 102 Å². The highest BCUT2D eigenvalue weighted by molar-refractivity contribution is 5.79. The molecule has 0 aliphatic carbocycles. The third kappa shape index (κ3) is 7.68. The lowest BCUT2D eigenvalue weighted by molar-refractivity contribution is 1.07. The molecular weight excluding hydrogens is 737 g/mol. The van der Waals surface area contributed by atoms with Crippen LogP contribution in [0, 0.1) is 0 Å². The van der Waals surface area contributed by atoms with E-state index in [4.69, 9.17) is 34.9 Å². The summed E-state index contributed by atoms with van der Waals surface area (Å²) in [5.41, 5.74) is 12.1. The van der Waals surface area contributed by atoms with Crippen molar-refractivity contribution < 1.29 is 0 Å². The van der Waals surface area contributed by atoms with E-state index >= 15 is 0 Å². The third-order valence-corrected chi connectivity index (χ3v) is 10.1. The molecule has 10 rings (SSSR count). The highest BCUT2D eigenvalue weighted by atomic mass is 15.0. The van der Waals surface area contributed by atoms with Crippen LogP contribution >= 0.6 is 0 Å². The first-order valence-electron chi connectivity index (χ1n) is 19.6. The Labute approximate surface area is 347 Å². The van der Waals surface area contributed by atoms with Crippen molar-refractivity contribution >= 4 is 0 Å². The number of nitrogens with zero attached hydrogens (tertiary/aromatic N) is 8. The van der Waals surface area contributed by atoms with Gasteiger partial charge in [0.15, 0.2) is 23.3 Å².